The fraction of sp³-hybridized carbons (Fsp3) is 0. The zero-order valence-corrected chi connectivity index (χ0v) is 10.9. The molecule has 3 nitrogen and oxygen atoms in total. The fourth-order valence-corrected chi connectivity index (χ4v) is 2.16. The van der Waals surface area contributed by atoms with Crippen molar-refractivity contribution in [2.75, 3.05) is 11.5 Å². The van der Waals surface area contributed by atoms with E-state index in [-0.39, 0.29) is 0 Å². The molecule has 0 atom stereocenters. The monoisotopic (exact) mass is 269 g/mol. The lowest BCUT2D eigenvalue weighted by Gasteiger charge is -2.07. The Bertz CT molecular complexity index is 751. The van der Waals surface area contributed by atoms with Crippen molar-refractivity contribution in [1.82, 2.24) is 4.98 Å². The van der Waals surface area contributed by atoms with Gasteiger partial charge in [0.15, 0.2) is 0 Å². The first-order valence-electron chi connectivity index (χ1n) is 5.85. The molecule has 3 aromatic rings. The number of nitrogens with zero attached hydrogens (tertiary/aromatic N) is 1. The van der Waals surface area contributed by atoms with E-state index in [4.69, 9.17) is 23.1 Å². The highest BCUT2D eigenvalue weighted by Gasteiger charge is 2.06. The lowest BCUT2D eigenvalue weighted by Crippen LogP contribution is -1.94. The Morgan fingerprint density at radius 2 is 1.63 bits per heavy atom. The van der Waals surface area contributed by atoms with E-state index in [1.165, 1.54) is 0 Å². The summed E-state index contributed by atoms with van der Waals surface area (Å²) in [5.74, 6) is 0. The molecule has 4 N–H and O–H groups in total. The normalized spacial score (nSPS) is 10.8. The molecule has 0 saturated carbocycles. The van der Waals surface area contributed by atoms with Crippen molar-refractivity contribution in [3.8, 4) is 11.3 Å². The van der Waals surface area contributed by atoms with Crippen LogP contribution in [0, 0.1) is 0 Å². The standard InChI is InChI=1S/C15H12ClN3/c16-10-3-1-9(2-4-10)15-8-13(18)12-7-11(17)5-6-14(12)19-15/h1-8H,17H2,(H2,18,19). The summed E-state index contributed by atoms with van der Waals surface area (Å²) >= 11 is 5.88. The molecule has 0 fully saturated rings. The number of pyridine rings is 1. The van der Waals surface area contributed by atoms with Gasteiger partial charge in [0, 0.05) is 27.3 Å². The van der Waals surface area contributed by atoms with Crippen LogP contribution in [0.4, 0.5) is 11.4 Å². The van der Waals surface area contributed by atoms with Gasteiger partial charge in [0.1, 0.15) is 0 Å². The summed E-state index contributed by atoms with van der Waals surface area (Å²) < 4.78 is 0. The predicted molar refractivity (Wildman–Crippen MR) is 81.0 cm³/mol. The van der Waals surface area contributed by atoms with Crippen LogP contribution in [0.15, 0.2) is 48.5 Å². The van der Waals surface area contributed by atoms with Crippen molar-refractivity contribution in [1.29, 1.82) is 0 Å². The Labute approximate surface area is 115 Å². The maximum atomic E-state index is 6.07. The molecule has 0 aliphatic rings. The van der Waals surface area contributed by atoms with E-state index in [0.717, 1.165) is 22.2 Å². The number of hydrogen-bond acceptors (Lipinski definition) is 3. The molecule has 4 heteroatoms. The number of aromatic nitrogens is 1. The zero-order valence-electron chi connectivity index (χ0n) is 10.1. The Kier molecular flexibility index (Phi) is 2.76. The molecule has 0 spiro atoms. The molecular formula is C15H12ClN3. The number of halogens is 1. The number of anilines is 2. The van der Waals surface area contributed by atoms with Crippen LogP contribution in [0.3, 0.4) is 0 Å². The van der Waals surface area contributed by atoms with Crippen LogP contribution >= 0.6 is 11.6 Å². The first kappa shape index (κ1) is 11.8. The topological polar surface area (TPSA) is 64.9 Å². The number of benzene rings is 2. The fourth-order valence-electron chi connectivity index (χ4n) is 2.04. The molecule has 1 heterocycles. The molecule has 3 rings (SSSR count). The van der Waals surface area contributed by atoms with Crippen LogP contribution in [0.5, 0.6) is 0 Å². The van der Waals surface area contributed by atoms with Gasteiger partial charge in [-0.3, -0.25) is 0 Å². The second-order valence-corrected chi connectivity index (χ2v) is 4.82. The molecule has 1 aromatic heterocycles. The molecule has 0 amide bonds. The summed E-state index contributed by atoms with van der Waals surface area (Å²) in [5.41, 5.74) is 15.8. The van der Waals surface area contributed by atoms with Crippen LogP contribution in [-0.2, 0) is 0 Å². The molecule has 0 aliphatic carbocycles. The Morgan fingerprint density at radius 1 is 0.895 bits per heavy atom. The van der Waals surface area contributed by atoms with Crippen molar-refractivity contribution >= 4 is 33.9 Å². The summed E-state index contributed by atoms with van der Waals surface area (Å²) in [5, 5.41) is 1.57. The third-order valence-corrected chi connectivity index (χ3v) is 3.26. The van der Waals surface area contributed by atoms with Gasteiger partial charge in [0.2, 0.25) is 0 Å². The molecule has 0 aliphatic heterocycles. The second-order valence-electron chi connectivity index (χ2n) is 4.38. The SMILES string of the molecule is Nc1ccc2nc(-c3ccc(Cl)cc3)cc(N)c2c1. The van der Waals surface area contributed by atoms with E-state index >= 15 is 0 Å². The van der Waals surface area contributed by atoms with Crippen molar-refractivity contribution in [3.63, 3.8) is 0 Å². The zero-order chi connectivity index (χ0) is 13.4. The van der Waals surface area contributed by atoms with Crippen LogP contribution < -0.4 is 11.5 Å². The maximum Gasteiger partial charge on any atom is 0.0731 e. The average molecular weight is 270 g/mol. The minimum absolute atomic E-state index is 0.669. The Hall–Kier alpha value is -2.26. The van der Waals surface area contributed by atoms with E-state index < -0.39 is 0 Å². The minimum Gasteiger partial charge on any atom is -0.399 e. The number of rotatable bonds is 1. The number of fused-ring (bicyclic) bond motifs is 1. The summed E-state index contributed by atoms with van der Waals surface area (Å²) in [7, 11) is 0. The Morgan fingerprint density at radius 3 is 2.37 bits per heavy atom. The highest BCUT2D eigenvalue weighted by atomic mass is 35.5. The van der Waals surface area contributed by atoms with Crippen molar-refractivity contribution in [3.05, 3.63) is 53.6 Å². The molecular weight excluding hydrogens is 258 g/mol. The van der Waals surface area contributed by atoms with Gasteiger partial charge in [-0.25, -0.2) is 4.98 Å². The molecule has 0 bridgehead atoms. The molecule has 94 valence electrons. The summed E-state index contributed by atoms with van der Waals surface area (Å²) in [6.45, 7) is 0. The van der Waals surface area contributed by atoms with Crippen LogP contribution in [0.1, 0.15) is 0 Å². The maximum absolute atomic E-state index is 6.07. The van der Waals surface area contributed by atoms with Gasteiger partial charge in [-0.1, -0.05) is 23.7 Å². The Balaban J connectivity index is 2.20. The highest BCUT2D eigenvalue weighted by molar-refractivity contribution is 6.30. The lowest BCUT2D eigenvalue weighted by atomic mass is 10.1. The van der Waals surface area contributed by atoms with Gasteiger partial charge >= 0.3 is 0 Å². The molecule has 0 unspecified atom stereocenters. The summed E-state index contributed by atoms with van der Waals surface area (Å²) in [4.78, 5) is 4.60. The molecule has 0 saturated heterocycles. The van der Waals surface area contributed by atoms with E-state index in [1.54, 1.807) is 0 Å². The van der Waals surface area contributed by atoms with Crippen LogP contribution in [-0.4, -0.2) is 4.98 Å². The molecule has 2 aromatic carbocycles. The predicted octanol–water partition coefficient (Wildman–Crippen LogP) is 3.72. The van der Waals surface area contributed by atoms with Gasteiger partial charge in [-0.05, 0) is 36.4 Å². The number of nitrogen functional groups attached to an aromatic ring is 2. The first-order chi connectivity index (χ1) is 9.13. The summed E-state index contributed by atoms with van der Waals surface area (Å²) in [6, 6.07) is 14.9. The first-order valence-corrected chi connectivity index (χ1v) is 6.23. The van der Waals surface area contributed by atoms with Gasteiger partial charge in [0.05, 0.1) is 11.2 Å². The van der Waals surface area contributed by atoms with E-state index in [2.05, 4.69) is 4.98 Å². The average Bonchev–Trinajstić information content (AvgIpc) is 2.40. The van der Waals surface area contributed by atoms with E-state index in [1.807, 2.05) is 48.5 Å². The third-order valence-electron chi connectivity index (χ3n) is 3.00. The quantitative estimate of drug-likeness (QED) is 0.662. The van der Waals surface area contributed by atoms with Crippen molar-refractivity contribution in [2.45, 2.75) is 0 Å². The largest absolute Gasteiger partial charge is 0.399 e. The van der Waals surface area contributed by atoms with Gasteiger partial charge < -0.3 is 11.5 Å². The van der Waals surface area contributed by atoms with Crippen LogP contribution in [0.2, 0.25) is 5.02 Å². The van der Waals surface area contributed by atoms with E-state index in [0.29, 0.717) is 16.4 Å². The van der Waals surface area contributed by atoms with Crippen LogP contribution in [0.25, 0.3) is 22.2 Å². The number of hydrogen-bond donors (Lipinski definition) is 2. The molecule has 19 heavy (non-hydrogen) atoms. The smallest absolute Gasteiger partial charge is 0.0731 e. The third kappa shape index (κ3) is 2.20. The van der Waals surface area contributed by atoms with E-state index in [9.17, 15) is 0 Å². The minimum atomic E-state index is 0.669. The van der Waals surface area contributed by atoms with Crippen molar-refractivity contribution in [2.24, 2.45) is 0 Å². The van der Waals surface area contributed by atoms with Gasteiger partial charge in [0.25, 0.3) is 0 Å². The highest BCUT2D eigenvalue weighted by Crippen LogP contribution is 2.28. The van der Waals surface area contributed by atoms with Gasteiger partial charge in [-0.15, -0.1) is 0 Å². The number of nitrogens with two attached hydrogens (primary N) is 2. The second kappa shape index (κ2) is 4.44. The van der Waals surface area contributed by atoms with Gasteiger partial charge in [-0.2, -0.15) is 0 Å². The summed E-state index contributed by atoms with van der Waals surface area (Å²) in [6.07, 6.45) is 0. The lowest BCUT2D eigenvalue weighted by molar-refractivity contribution is 1.40. The molecule has 0 radical (unpaired) electrons. The van der Waals surface area contributed by atoms with Crippen molar-refractivity contribution < 1.29 is 0 Å².